The maximum Gasteiger partial charge on any atom is 0.251 e. The SMILES string of the molecule is C#CC(C)(C)c1c(F)ccc(C(N)=O)c1F. The quantitative estimate of drug-likeness (QED) is 0.765. The number of benzene rings is 1. The Kier molecular flexibility index (Phi) is 2.99. The van der Waals surface area contributed by atoms with Crippen molar-refractivity contribution in [2.24, 2.45) is 5.73 Å². The molecule has 0 radical (unpaired) electrons. The van der Waals surface area contributed by atoms with Crippen molar-refractivity contribution in [1.29, 1.82) is 0 Å². The molecule has 0 saturated carbocycles. The molecule has 4 heteroatoms. The molecule has 84 valence electrons. The second-order valence-electron chi connectivity index (χ2n) is 3.92. The van der Waals surface area contributed by atoms with E-state index in [4.69, 9.17) is 12.2 Å². The highest BCUT2D eigenvalue weighted by molar-refractivity contribution is 5.93. The molecule has 2 N–H and O–H groups in total. The predicted molar refractivity (Wildman–Crippen MR) is 56.7 cm³/mol. The molecule has 0 bridgehead atoms. The number of carbonyl (C=O) groups excluding carboxylic acids is 1. The number of carbonyl (C=O) groups is 1. The lowest BCUT2D eigenvalue weighted by atomic mass is 9.84. The van der Waals surface area contributed by atoms with Crippen molar-refractivity contribution in [2.45, 2.75) is 19.3 Å². The summed E-state index contributed by atoms with van der Waals surface area (Å²) in [7, 11) is 0. The van der Waals surface area contributed by atoms with Gasteiger partial charge in [-0.1, -0.05) is 5.92 Å². The molecule has 0 unspecified atom stereocenters. The van der Waals surface area contributed by atoms with Crippen molar-refractivity contribution in [3.8, 4) is 12.3 Å². The van der Waals surface area contributed by atoms with Crippen LogP contribution in [-0.4, -0.2) is 5.91 Å². The van der Waals surface area contributed by atoms with E-state index in [-0.39, 0.29) is 11.1 Å². The van der Waals surface area contributed by atoms with Gasteiger partial charge in [0.2, 0.25) is 0 Å². The van der Waals surface area contributed by atoms with Gasteiger partial charge in [-0.2, -0.15) is 0 Å². The van der Waals surface area contributed by atoms with E-state index >= 15 is 0 Å². The minimum absolute atomic E-state index is 0.314. The molecule has 0 heterocycles. The van der Waals surface area contributed by atoms with Crippen molar-refractivity contribution in [1.82, 2.24) is 0 Å². The van der Waals surface area contributed by atoms with Crippen LogP contribution in [0.2, 0.25) is 0 Å². The van der Waals surface area contributed by atoms with E-state index in [1.807, 2.05) is 0 Å². The smallest absolute Gasteiger partial charge is 0.251 e. The number of amides is 1. The van der Waals surface area contributed by atoms with E-state index in [2.05, 4.69) is 5.92 Å². The monoisotopic (exact) mass is 223 g/mol. The summed E-state index contributed by atoms with van der Waals surface area (Å²) in [6.07, 6.45) is 5.20. The third kappa shape index (κ3) is 1.89. The van der Waals surface area contributed by atoms with E-state index < -0.39 is 23.0 Å². The van der Waals surface area contributed by atoms with E-state index in [0.717, 1.165) is 12.1 Å². The van der Waals surface area contributed by atoms with Crippen LogP contribution >= 0.6 is 0 Å². The molecule has 1 aromatic rings. The molecule has 0 atom stereocenters. The van der Waals surface area contributed by atoms with Crippen LogP contribution in [-0.2, 0) is 5.41 Å². The van der Waals surface area contributed by atoms with Crippen molar-refractivity contribution in [3.63, 3.8) is 0 Å². The maximum absolute atomic E-state index is 13.8. The molecule has 16 heavy (non-hydrogen) atoms. The van der Waals surface area contributed by atoms with Gasteiger partial charge in [0.15, 0.2) is 0 Å². The van der Waals surface area contributed by atoms with Crippen LogP contribution in [0.4, 0.5) is 8.78 Å². The maximum atomic E-state index is 13.8. The van der Waals surface area contributed by atoms with E-state index in [9.17, 15) is 13.6 Å². The second-order valence-corrected chi connectivity index (χ2v) is 3.92. The van der Waals surface area contributed by atoms with Crippen LogP contribution in [0.3, 0.4) is 0 Å². The van der Waals surface area contributed by atoms with Crippen LogP contribution in [0.25, 0.3) is 0 Å². The van der Waals surface area contributed by atoms with Gasteiger partial charge >= 0.3 is 0 Å². The average Bonchev–Trinajstić information content (AvgIpc) is 2.16. The van der Waals surface area contributed by atoms with Crippen LogP contribution in [0.1, 0.15) is 29.8 Å². The fourth-order valence-electron chi connectivity index (χ4n) is 1.39. The number of hydrogen-bond acceptors (Lipinski definition) is 1. The molecular weight excluding hydrogens is 212 g/mol. The fraction of sp³-hybridized carbons (Fsp3) is 0.250. The molecule has 0 aromatic heterocycles. The first-order valence-electron chi connectivity index (χ1n) is 4.57. The van der Waals surface area contributed by atoms with Gasteiger partial charge in [0, 0.05) is 5.56 Å². The Morgan fingerprint density at radius 2 is 2.00 bits per heavy atom. The van der Waals surface area contributed by atoms with Gasteiger partial charge in [-0.05, 0) is 26.0 Å². The summed E-state index contributed by atoms with van der Waals surface area (Å²) in [5.74, 6) is -0.456. The first-order valence-corrected chi connectivity index (χ1v) is 4.57. The molecule has 0 fully saturated rings. The average molecular weight is 223 g/mol. The Hall–Kier alpha value is -1.89. The zero-order valence-electron chi connectivity index (χ0n) is 8.97. The summed E-state index contributed by atoms with van der Waals surface area (Å²) in [5, 5.41) is 0. The van der Waals surface area contributed by atoms with Crippen molar-refractivity contribution < 1.29 is 13.6 Å². The lowest BCUT2D eigenvalue weighted by Crippen LogP contribution is -2.22. The lowest BCUT2D eigenvalue weighted by Gasteiger charge is -2.20. The van der Waals surface area contributed by atoms with Gasteiger partial charge in [0.1, 0.15) is 11.6 Å². The largest absolute Gasteiger partial charge is 0.366 e. The Morgan fingerprint density at radius 1 is 1.44 bits per heavy atom. The fourth-order valence-corrected chi connectivity index (χ4v) is 1.39. The number of rotatable bonds is 2. The molecule has 0 aliphatic heterocycles. The molecule has 0 aliphatic carbocycles. The van der Waals surface area contributed by atoms with Crippen molar-refractivity contribution in [3.05, 3.63) is 34.9 Å². The Bertz CT molecular complexity index is 487. The Morgan fingerprint density at radius 3 is 2.44 bits per heavy atom. The highest BCUT2D eigenvalue weighted by atomic mass is 19.1. The molecule has 0 saturated heterocycles. The Balaban J connectivity index is 3.58. The van der Waals surface area contributed by atoms with Gasteiger partial charge in [-0.25, -0.2) is 8.78 Å². The van der Waals surface area contributed by atoms with Crippen LogP contribution in [0, 0.1) is 24.0 Å². The number of primary amides is 1. The van der Waals surface area contributed by atoms with E-state index in [1.54, 1.807) is 0 Å². The first kappa shape index (κ1) is 12.2. The summed E-state index contributed by atoms with van der Waals surface area (Å²) in [6.45, 7) is 2.97. The Labute approximate surface area is 92.5 Å². The minimum Gasteiger partial charge on any atom is -0.366 e. The third-order valence-electron chi connectivity index (χ3n) is 2.34. The predicted octanol–water partition coefficient (Wildman–Crippen LogP) is 1.97. The third-order valence-corrected chi connectivity index (χ3v) is 2.34. The molecule has 1 aromatic carbocycles. The molecule has 1 amide bonds. The molecule has 0 aliphatic rings. The standard InChI is InChI=1S/C12H11F2NO/c1-4-12(2,3)9-8(13)6-5-7(10(9)14)11(15)16/h1,5-6H,2-3H3,(H2,15,16). The second kappa shape index (κ2) is 3.93. The molecular formula is C12H11F2NO. The van der Waals surface area contributed by atoms with Gasteiger partial charge in [0.25, 0.3) is 5.91 Å². The minimum atomic E-state index is -1.14. The number of hydrogen-bond donors (Lipinski definition) is 1. The summed E-state index contributed by atoms with van der Waals surface area (Å²) < 4.78 is 27.3. The van der Waals surface area contributed by atoms with Crippen LogP contribution < -0.4 is 5.73 Å². The molecule has 0 spiro atoms. The van der Waals surface area contributed by atoms with Gasteiger partial charge in [-0.3, -0.25) is 4.79 Å². The molecule has 1 rings (SSSR count). The van der Waals surface area contributed by atoms with Crippen molar-refractivity contribution in [2.75, 3.05) is 0 Å². The van der Waals surface area contributed by atoms with Crippen LogP contribution in [0.15, 0.2) is 12.1 Å². The zero-order valence-corrected chi connectivity index (χ0v) is 8.97. The highest BCUT2D eigenvalue weighted by Gasteiger charge is 2.28. The highest BCUT2D eigenvalue weighted by Crippen LogP contribution is 2.29. The summed E-state index contributed by atoms with van der Waals surface area (Å²) in [6, 6.07) is 1.99. The van der Waals surface area contributed by atoms with Gasteiger partial charge in [-0.15, -0.1) is 6.42 Å². The summed E-state index contributed by atoms with van der Waals surface area (Å²) >= 11 is 0. The zero-order chi connectivity index (χ0) is 12.5. The van der Waals surface area contributed by atoms with Gasteiger partial charge < -0.3 is 5.73 Å². The lowest BCUT2D eigenvalue weighted by molar-refractivity contribution is 0.0996. The summed E-state index contributed by atoms with van der Waals surface area (Å²) in [4.78, 5) is 10.9. The summed E-state index contributed by atoms with van der Waals surface area (Å²) in [5.41, 5.74) is 3.15. The number of terminal acetylenes is 1. The normalized spacial score (nSPS) is 10.9. The molecule has 2 nitrogen and oxygen atoms in total. The van der Waals surface area contributed by atoms with Gasteiger partial charge in [0.05, 0.1) is 11.0 Å². The number of halogens is 2. The van der Waals surface area contributed by atoms with Crippen molar-refractivity contribution >= 4 is 5.91 Å². The van der Waals surface area contributed by atoms with E-state index in [1.165, 1.54) is 13.8 Å². The first-order chi connectivity index (χ1) is 7.31. The van der Waals surface area contributed by atoms with Crippen LogP contribution in [0.5, 0.6) is 0 Å². The number of nitrogens with two attached hydrogens (primary N) is 1. The topological polar surface area (TPSA) is 43.1 Å². The van der Waals surface area contributed by atoms with E-state index in [0.29, 0.717) is 0 Å².